The lowest BCUT2D eigenvalue weighted by molar-refractivity contribution is -0.213. The highest BCUT2D eigenvalue weighted by Crippen LogP contribution is 2.39. The normalized spacial score (nSPS) is 21.9. The summed E-state index contributed by atoms with van der Waals surface area (Å²) in [5.41, 5.74) is 5.50. The first-order valence-corrected chi connectivity index (χ1v) is 13.4. The molecule has 0 saturated carbocycles. The first-order valence-electron chi connectivity index (χ1n) is 12.0. The van der Waals surface area contributed by atoms with E-state index in [1.54, 1.807) is 17.9 Å². The molecule has 2 aromatic rings. The topological polar surface area (TPSA) is 112 Å². The van der Waals surface area contributed by atoms with Crippen molar-refractivity contribution in [1.82, 2.24) is 9.78 Å². The van der Waals surface area contributed by atoms with E-state index in [2.05, 4.69) is 20.9 Å². The minimum atomic E-state index is -4.32. The van der Waals surface area contributed by atoms with E-state index in [4.69, 9.17) is 4.74 Å². The average molecular weight is 487 g/mol. The number of amidine groups is 1. The zero-order chi connectivity index (χ0) is 24.1. The van der Waals surface area contributed by atoms with E-state index in [0.717, 1.165) is 55.3 Å². The number of aromatic nitrogens is 2. The fourth-order valence-corrected chi connectivity index (χ4v) is 6.96. The van der Waals surface area contributed by atoms with Gasteiger partial charge in [0.2, 0.25) is 0 Å². The number of nitrogens with one attached hydrogen (secondary N) is 1. The summed E-state index contributed by atoms with van der Waals surface area (Å²) in [6, 6.07) is 1.03. The van der Waals surface area contributed by atoms with E-state index in [1.807, 2.05) is 13.8 Å². The molecule has 1 aromatic heterocycles. The van der Waals surface area contributed by atoms with Crippen molar-refractivity contribution < 1.29 is 18.3 Å². The summed E-state index contributed by atoms with van der Waals surface area (Å²) in [4.78, 5) is 0. The highest BCUT2D eigenvalue weighted by Gasteiger charge is 2.38. The largest absolute Gasteiger partial charge is 0.845 e. The first-order chi connectivity index (χ1) is 16.1. The Morgan fingerprint density at radius 3 is 2.50 bits per heavy atom. The summed E-state index contributed by atoms with van der Waals surface area (Å²) >= 11 is 0. The molecule has 2 aliphatic carbocycles. The average Bonchev–Trinajstić information content (AvgIpc) is 3.47. The lowest BCUT2D eigenvalue weighted by Gasteiger charge is -2.40. The maximum absolute atomic E-state index is 13.5. The van der Waals surface area contributed by atoms with E-state index in [1.165, 1.54) is 21.6 Å². The van der Waals surface area contributed by atoms with Gasteiger partial charge in [0.15, 0.2) is 0 Å². The number of aryl methyl sites for hydroxylation is 3. The van der Waals surface area contributed by atoms with Crippen molar-refractivity contribution >= 4 is 27.6 Å². The Hall–Kier alpha value is -2.59. The second-order valence-electron chi connectivity index (χ2n) is 10.2. The van der Waals surface area contributed by atoms with Gasteiger partial charge in [-0.1, -0.05) is 6.07 Å². The third-order valence-corrected chi connectivity index (χ3v) is 8.50. The van der Waals surface area contributed by atoms with Gasteiger partial charge in [0.05, 0.1) is 29.5 Å². The van der Waals surface area contributed by atoms with Crippen LogP contribution in [0.3, 0.4) is 0 Å². The van der Waals surface area contributed by atoms with Gasteiger partial charge < -0.3 is 15.2 Å². The van der Waals surface area contributed by atoms with Crippen molar-refractivity contribution in [1.29, 1.82) is 0 Å². The van der Waals surface area contributed by atoms with Crippen LogP contribution in [0.15, 0.2) is 22.9 Å². The van der Waals surface area contributed by atoms with Crippen LogP contribution >= 0.6 is 0 Å². The summed E-state index contributed by atoms with van der Waals surface area (Å²) in [5, 5.41) is 20.1. The van der Waals surface area contributed by atoms with Crippen LogP contribution in [0.25, 0.3) is 0 Å². The van der Waals surface area contributed by atoms with Crippen LogP contribution in [-0.4, -0.2) is 42.5 Å². The SMILES string of the molecule is Cn1cc(N(C2CCOC(C)(C)C2)S(=O)(=O)/N=C(\[O-])Nc2c3c(cc4c2CCC4)CCC3)cn1. The monoisotopic (exact) mass is 486 g/mol. The Kier molecular flexibility index (Phi) is 5.84. The third kappa shape index (κ3) is 4.40. The molecule has 1 unspecified atom stereocenters. The molecule has 1 aliphatic heterocycles. The molecule has 10 heteroatoms. The molecule has 1 fully saturated rings. The predicted molar refractivity (Wildman–Crippen MR) is 129 cm³/mol. The molecule has 5 rings (SSSR count). The molecule has 0 amide bonds. The highest BCUT2D eigenvalue weighted by atomic mass is 32.2. The highest BCUT2D eigenvalue weighted by molar-refractivity contribution is 7.91. The van der Waals surface area contributed by atoms with Gasteiger partial charge in [-0.15, -0.1) is 4.40 Å². The van der Waals surface area contributed by atoms with E-state index in [-0.39, 0.29) is 6.04 Å². The minimum absolute atomic E-state index is 0.389. The van der Waals surface area contributed by atoms with Gasteiger partial charge in [-0.05, 0) is 87.5 Å². The number of ether oxygens (including phenoxy) is 1. The van der Waals surface area contributed by atoms with Crippen LogP contribution in [0.4, 0.5) is 11.4 Å². The molecule has 0 radical (unpaired) electrons. The lowest BCUT2D eigenvalue weighted by Crippen LogP contribution is -2.48. The van der Waals surface area contributed by atoms with Gasteiger partial charge in [0.25, 0.3) is 0 Å². The molecule has 3 aliphatic rings. The number of anilines is 2. The van der Waals surface area contributed by atoms with Gasteiger partial charge in [0.1, 0.15) is 0 Å². The van der Waals surface area contributed by atoms with Crippen molar-refractivity contribution in [2.75, 3.05) is 16.2 Å². The van der Waals surface area contributed by atoms with Crippen LogP contribution in [0, 0.1) is 0 Å². The summed E-state index contributed by atoms with van der Waals surface area (Å²) in [6.45, 7) is 4.31. The smallest absolute Gasteiger partial charge is 0.345 e. The van der Waals surface area contributed by atoms with Gasteiger partial charge in [-0.2, -0.15) is 13.5 Å². The molecular formula is C24H32N5O4S-. The zero-order valence-electron chi connectivity index (χ0n) is 20.0. The fraction of sp³-hybridized carbons (Fsp3) is 0.583. The molecule has 1 N–H and O–H groups in total. The molecule has 184 valence electrons. The number of fused-ring (bicyclic) bond motifs is 2. The molecular weight excluding hydrogens is 454 g/mol. The second-order valence-corrected chi connectivity index (χ2v) is 11.6. The molecule has 1 aromatic carbocycles. The lowest BCUT2D eigenvalue weighted by atomic mass is 9.94. The molecule has 34 heavy (non-hydrogen) atoms. The van der Waals surface area contributed by atoms with E-state index in [9.17, 15) is 13.5 Å². The summed E-state index contributed by atoms with van der Waals surface area (Å²) in [5.74, 6) is 0. The first kappa shape index (κ1) is 23.2. The number of hydrogen-bond donors (Lipinski definition) is 1. The minimum Gasteiger partial charge on any atom is -0.845 e. The maximum Gasteiger partial charge on any atom is 0.345 e. The summed E-state index contributed by atoms with van der Waals surface area (Å²) in [6.07, 6.45) is 9.98. The predicted octanol–water partition coefficient (Wildman–Crippen LogP) is 2.23. The maximum atomic E-state index is 13.5. The molecule has 1 saturated heterocycles. The van der Waals surface area contributed by atoms with Crippen LogP contribution < -0.4 is 14.7 Å². The van der Waals surface area contributed by atoms with E-state index >= 15 is 0 Å². The Balaban J connectivity index is 1.49. The number of nitrogens with zero attached hydrogens (tertiary/aromatic N) is 4. The Bertz CT molecular complexity index is 1200. The van der Waals surface area contributed by atoms with Gasteiger partial charge >= 0.3 is 10.2 Å². The fourth-order valence-electron chi connectivity index (χ4n) is 5.70. The van der Waals surface area contributed by atoms with Crippen molar-refractivity contribution in [3.8, 4) is 0 Å². The standard InChI is InChI=1S/C24H33N5O4S/c1-24(2)13-18(10-11-33-24)29(19-14-25-28(3)15-19)34(31,32)27-23(30)26-22-20-8-4-6-16(20)12-17-7-5-9-21(17)22/h12,14-15,18H,4-11,13H2,1-3H3,(H2,26,27,30)/p-1. The van der Waals surface area contributed by atoms with Crippen molar-refractivity contribution in [3.05, 3.63) is 40.7 Å². The zero-order valence-corrected chi connectivity index (χ0v) is 20.8. The van der Waals surface area contributed by atoms with Crippen molar-refractivity contribution in [3.63, 3.8) is 0 Å². The van der Waals surface area contributed by atoms with E-state index in [0.29, 0.717) is 25.1 Å². The molecule has 1 atom stereocenters. The van der Waals surface area contributed by atoms with Crippen molar-refractivity contribution in [2.24, 2.45) is 11.4 Å². The third-order valence-electron chi connectivity index (χ3n) is 7.10. The van der Waals surface area contributed by atoms with Crippen molar-refractivity contribution in [2.45, 2.75) is 76.9 Å². The molecule has 0 bridgehead atoms. The molecule has 9 nitrogen and oxygen atoms in total. The molecule has 2 heterocycles. The van der Waals surface area contributed by atoms with Crippen LogP contribution in [0.5, 0.6) is 0 Å². The van der Waals surface area contributed by atoms with Gasteiger partial charge in [-0.3, -0.25) is 4.68 Å². The van der Waals surface area contributed by atoms with E-state index < -0.39 is 21.8 Å². The number of hydrogen-bond acceptors (Lipinski definition) is 5. The van der Waals surface area contributed by atoms with Crippen LogP contribution in [0.2, 0.25) is 0 Å². The second kappa shape index (κ2) is 8.57. The Morgan fingerprint density at radius 1 is 1.24 bits per heavy atom. The summed E-state index contributed by atoms with van der Waals surface area (Å²) < 4.78 is 39.4. The van der Waals surface area contributed by atoms with Gasteiger partial charge in [0, 0.05) is 25.5 Å². The Labute approximate surface area is 201 Å². The van der Waals surface area contributed by atoms with Crippen LogP contribution in [-0.2, 0) is 47.7 Å². The molecule has 0 spiro atoms. The number of benzene rings is 1. The van der Waals surface area contributed by atoms with Crippen LogP contribution in [0.1, 0.15) is 61.8 Å². The summed E-state index contributed by atoms with van der Waals surface area (Å²) in [7, 11) is -2.60. The number of rotatable bonds is 5. The van der Waals surface area contributed by atoms with Gasteiger partial charge in [-0.25, -0.2) is 4.31 Å². The quantitative estimate of drug-likeness (QED) is 0.512. The Morgan fingerprint density at radius 2 is 1.91 bits per heavy atom.